The molecule has 0 radical (unpaired) electrons. The second-order valence-electron chi connectivity index (χ2n) is 6.17. The summed E-state index contributed by atoms with van der Waals surface area (Å²) in [6.45, 7) is 8.75. The number of benzene rings is 2. The van der Waals surface area contributed by atoms with Crippen molar-refractivity contribution >= 4 is 34.5 Å². The Morgan fingerprint density at radius 1 is 1.00 bits per heavy atom. The first kappa shape index (κ1) is 25.4. The third-order valence-electron chi connectivity index (χ3n) is 3.96. The highest BCUT2D eigenvalue weighted by molar-refractivity contribution is 5.94. The van der Waals surface area contributed by atoms with Crippen LogP contribution in [0.3, 0.4) is 0 Å². The highest BCUT2D eigenvalue weighted by atomic mass is 16.6. The molecular weight excluding hydrogens is 400 g/mol. The molecule has 2 rings (SSSR count). The molecule has 0 saturated carbocycles. The van der Waals surface area contributed by atoms with E-state index in [1.54, 1.807) is 12.1 Å². The van der Waals surface area contributed by atoms with Gasteiger partial charge in [-0.1, -0.05) is 13.8 Å². The standard InChI is InChI=1S/C20H22N4O5.C2H6/c1-3-23(12-13-29-20(26)14-15(2)25)18-8-4-16(5-9-18)21-22-17-6-10-19(11-7-17)24(27)28;1-2/h4-11H,3,12-14H2,1-2H3;1-2H3. The molecule has 0 N–H and O–H groups in total. The fourth-order valence-electron chi connectivity index (χ4n) is 2.48. The van der Waals surface area contributed by atoms with Gasteiger partial charge in [-0.15, -0.1) is 0 Å². The smallest absolute Gasteiger partial charge is 0.313 e. The molecule has 0 heterocycles. The number of likely N-dealkylation sites (N-methyl/N-ethyl adjacent to an activating group) is 1. The lowest BCUT2D eigenvalue weighted by molar-refractivity contribution is -0.384. The fourth-order valence-corrected chi connectivity index (χ4v) is 2.48. The number of carbonyl (C=O) groups is 2. The van der Waals surface area contributed by atoms with Crippen LogP contribution in [0.1, 0.15) is 34.1 Å². The average molecular weight is 428 g/mol. The maximum Gasteiger partial charge on any atom is 0.313 e. The van der Waals surface area contributed by atoms with Crippen molar-refractivity contribution < 1.29 is 19.2 Å². The predicted molar refractivity (Wildman–Crippen MR) is 119 cm³/mol. The van der Waals surface area contributed by atoms with Crippen molar-refractivity contribution in [2.45, 2.75) is 34.1 Å². The van der Waals surface area contributed by atoms with Crippen molar-refractivity contribution in [2.75, 3.05) is 24.6 Å². The molecule has 2 aromatic carbocycles. The van der Waals surface area contributed by atoms with Crippen LogP contribution in [0, 0.1) is 10.1 Å². The third-order valence-corrected chi connectivity index (χ3v) is 3.96. The first-order chi connectivity index (χ1) is 14.9. The van der Waals surface area contributed by atoms with E-state index in [0.29, 0.717) is 24.5 Å². The van der Waals surface area contributed by atoms with Crippen molar-refractivity contribution in [3.8, 4) is 0 Å². The second kappa shape index (κ2) is 13.6. The number of anilines is 1. The van der Waals surface area contributed by atoms with Gasteiger partial charge in [0.1, 0.15) is 18.8 Å². The molecule has 0 atom stereocenters. The fraction of sp³-hybridized carbons (Fsp3) is 0.364. The average Bonchev–Trinajstić information content (AvgIpc) is 2.77. The molecule has 0 bridgehead atoms. The Labute approximate surface area is 181 Å². The Kier molecular flexibility index (Phi) is 11.1. The zero-order chi connectivity index (χ0) is 23.2. The quantitative estimate of drug-likeness (QED) is 0.165. The number of Topliss-reactive ketones (excluding diaryl/α,β-unsaturated/α-hetero) is 1. The van der Waals surface area contributed by atoms with Crippen LogP contribution in [0.5, 0.6) is 0 Å². The lowest BCUT2D eigenvalue weighted by Gasteiger charge is -2.22. The van der Waals surface area contributed by atoms with Gasteiger partial charge in [0, 0.05) is 24.4 Å². The van der Waals surface area contributed by atoms with E-state index in [1.165, 1.54) is 31.2 Å². The molecule has 166 valence electrons. The lowest BCUT2D eigenvalue weighted by Crippen LogP contribution is -2.28. The van der Waals surface area contributed by atoms with Crippen LogP contribution in [0.25, 0.3) is 0 Å². The molecule has 9 heteroatoms. The highest BCUT2D eigenvalue weighted by Gasteiger charge is 2.09. The lowest BCUT2D eigenvalue weighted by atomic mass is 10.2. The van der Waals surface area contributed by atoms with Crippen LogP contribution in [0.2, 0.25) is 0 Å². The van der Waals surface area contributed by atoms with Gasteiger partial charge >= 0.3 is 5.97 Å². The molecule has 0 saturated heterocycles. The Morgan fingerprint density at radius 2 is 1.52 bits per heavy atom. The maximum absolute atomic E-state index is 11.4. The molecule has 31 heavy (non-hydrogen) atoms. The van der Waals surface area contributed by atoms with Crippen LogP contribution in [0.15, 0.2) is 58.8 Å². The molecule has 0 aliphatic rings. The van der Waals surface area contributed by atoms with Crippen LogP contribution in [-0.4, -0.2) is 36.4 Å². The minimum atomic E-state index is -0.518. The van der Waals surface area contributed by atoms with Gasteiger partial charge in [-0.3, -0.25) is 19.7 Å². The van der Waals surface area contributed by atoms with E-state index < -0.39 is 10.9 Å². The van der Waals surface area contributed by atoms with Gasteiger partial charge in [0.2, 0.25) is 0 Å². The number of carbonyl (C=O) groups excluding carboxylic acids is 2. The molecule has 0 unspecified atom stereocenters. The van der Waals surface area contributed by atoms with Crippen molar-refractivity contribution in [3.63, 3.8) is 0 Å². The van der Waals surface area contributed by atoms with E-state index in [9.17, 15) is 19.7 Å². The van der Waals surface area contributed by atoms with E-state index in [2.05, 4.69) is 10.2 Å². The van der Waals surface area contributed by atoms with E-state index in [1.807, 2.05) is 37.8 Å². The number of nitro benzene ring substituents is 1. The van der Waals surface area contributed by atoms with Crippen LogP contribution < -0.4 is 4.90 Å². The Morgan fingerprint density at radius 3 is 1.97 bits per heavy atom. The highest BCUT2D eigenvalue weighted by Crippen LogP contribution is 2.23. The molecule has 0 spiro atoms. The summed E-state index contributed by atoms with van der Waals surface area (Å²) >= 11 is 0. The number of nitro groups is 1. The van der Waals surface area contributed by atoms with Crippen molar-refractivity contribution in [3.05, 3.63) is 58.6 Å². The number of nitrogens with zero attached hydrogens (tertiary/aromatic N) is 4. The van der Waals surface area contributed by atoms with Gasteiger partial charge in [0.05, 0.1) is 22.8 Å². The molecule has 2 aromatic rings. The SMILES string of the molecule is CC.CCN(CCOC(=O)CC(C)=O)c1ccc(N=Nc2ccc([N+](=O)[O-])cc2)cc1. The number of ketones is 1. The predicted octanol–water partition coefficient (Wildman–Crippen LogP) is 5.39. The first-order valence-electron chi connectivity index (χ1n) is 10.1. The van der Waals surface area contributed by atoms with Gasteiger partial charge < -0.3 is 9.64 Å². The summed E-state index contributed by atoms with van der Waals surface area (Å²) in [6.07, 6.45) is -0.208. The summed E-state index contributed by atoms with van der Waals surface area (Å²) < 4.78 is 5.06. The Hall–Kier alpha value is -3.62. The summed E-state index contributed by atoms with van der Waals surface area (Å²) in [4.78, 5) is 34.5. The van der Waals surface area contributed by atoms with Gasteiger partial charge in [0.25, 0.3) is 5.69 Å². The number of hydrogen-bond donors (Lipinski definition) is 0. The van der Waals surface area contributed by atoms with Crippen LogP contribution in [-0.2, 0) is 14.3 Å². The Bertz CT molecular complexity index is 880. The summed E-state index contributed by atoms with van der Waals surface area (Å²) in [5, 5.41) is 18.8. The molecule has 0 aliphatic heterocycles. The minimum Gasteiger partial charge on any atom is -0.463 e. The van der Waals surface area contributed by atoms with E-state index >= 15 is 0 Å². The molecule has 0 aliphatic carbocycles. The minimum absolute atomic E-state index is 0.0000620. The van der Waals surface area contributed by atoms with Gasteiger partial charge in [0.15, 0.2) is 0 Å². The number of rotatable bonds is 10. The number of non-ortho nitro benzene ring substituents is 1. The van der Waals surface area contributed by atoms with Crippen molar-refractivity contribution in [2.24, 2.45) is 10.2 Å². The number of azo groups is 1. The summed E-state index contributed by atoms with van der Waals surface area (Å²) in [7, 11) is 0. The van der Waals surface area contributed by atoms with E-state index in [0.717, 1.165) is 5.69 Å². The second-order valence-corrected chi connectivity index (χ2v) is 6.17. The van der Waals surface area contributed by atoms with Gasteiger partial charge in [-0.2, -0.15) is 10.2 Å². The summed E-state index contributed by atoms with van der Waals surface area (Å²) in [5.41, 5.74) is 2.09. The largest absolute Gasteiger partial charge is 0.463 e. The normalized spacial score (nSPS) is 10.2. The number of ether oxygens (including phenoxy) is 1. The zero-order valence-electron chi connectivity index (χ0n) is 18.3. The van der Waals surface area contributed by atoms with Crippen LogP contribution >= 0.6 is 0 Å². The van der Waals surface area contributed by atoms with E-state index in [-0.39, 0.29) is 24.5 Å². The number of esters is 1. The van der Waals surface area contributed by atoms with Crippen molar-refractivity contribution in [1.29, 1.82) is 0 Å². The van der Waals surface area contributed by atoms with Crippen LogP contribution in [0.4, 0.5) is 22.7 Å². The number of hydrogen-bond acceptors (Lipinski definition) is 8. The van der Waals surface area contributed by atoms with Gasteiger partial charge in [-0.25, -0.2) is 0 Å². The van der Waals surface area contributed by atoms with Crippen molar-refractivity contribution in [1.82, 2.24) is 0 Å². The molecule has 0 aromatic heterocycles. The topological polar surface area (TPSA) is 114 Å². The van der Waals surface area contributed by atoms with Gasteiger partial charge in [-0.05, 0) is 50.2 Å². The molecular formula is C22H28N4O5. The molecule has 0 fully saturated rings. The zero-order valence-corrected chi connectivity index (χ0v) is 18.3. The molecule has 9 nitrogen and oxygen atoms in total. The first-order valence-corrected chi connectivity index (χ1v) is 10.1. The summed E-state index contributed by atoms with van der Waals surface area (Å²) in [6, 6.07) is 13.2. The third kappa shape index (κ3) is 9.16. The summed E-state index contributed by atoms with van der Waals surface area (Å²) in [5.74, 6) is -0.739. The molecule has 0 amide bonds. The maximum atomic E-state index is 11.4. The van der Waals surface area contributed by atoms with E-state index in [4.69, 9.17) is 4.74 Å². The Balaban J connectivity index is 0.00000233. The monoisotopic (exact) mass is 428 g/mol.